The van der Waals surface area contributed by atoms with Gasteiger partial charge in [-0.2, -0.15) is 0 Å². The third-order valence-corrected chi connectivity index (χ3v) is 4.89. The number of nitrogens with one attached hydrogen (secondary N) is 1. The molecule has 1 heterocycles. The van der Waals surface area contributed by atoms with E-state index in [1.807, 2.05) is 13.0 Å². The molecule has 24 heavy (non-hydrogen) atoms. The van der Waals surface area contributed by atoms with Crippen molar-refractivity contribution in [2.45, 2.75) is 19.9 Å². The number of aryl methyl sites for hydroxylation is 1. The first-order valence-electron chi connectivity index (χ1n) is 7.44. The van der Waals surface area contributed by atoms with Crippen LogP contribution < -0.4 is 5.32 Å². The quantitative estimate of drug-likeness (QED) is 0.822. The Hall–Kier alpha value is -2.47. The minimum Gasteiger partial charge on any atom is -0.324 e. The van der Waals surface area contributed by atoms with Gasteiger partial charge in [0, 0.05) is 10.2 Å². The van der Waals surface area contributed by atoms with E-state index < -0.39 is 23.8 Å². The molecule has 0 aliphatic carbocycles. The summed E-state index contributed by atoms with van der Waals surface area (Å²) < 4.78 is 0.869. The Morgan fingerprint density at radius 3 is 2.21 bits per heavy atom. The van der Waals surface area contributed by atoms with Crippen molar-refractivity contribution in [1.29, 1.82) is 0 Å². The molecule has 2 aromatic carbocycles. The number of carbonyl (C=O) groups excluding carboxylic acids is 3. The van der Waals surface area contributed by atoms with E-state index in [9.17, 15) is 14.4 Å². The van der Waals surface area contributed by atoms with Crippen LogP contribution in [0.3, 0.4) is 0 Å². The summed E-state index contributed by atoms with van der Waals surface area (Å²) in [6, 6.07) is 11.1. The first-order chi connectivity index (χ1) is 11.4. The van der Waals surface area contributed by atoms with E-state index in [1.54, 1.807) is 43.3 Å². The van der Waals surface area contributed by atoms with Gasteiger partial charge in [-0.1, -0.05) is 34.1 Å². The molecule has 6 heteroatoms. The summed E-state index contributed by atoms with van der Waals surface area (Å²) in [5, 5.41) is 2.74. The second kappa shape index (κ2) is 6.20. The molecule has 0 spiro atoms. The van der Waals surface area contributed by atoms with Crippen molar-refractivity contribution in [3.05, 3.63) is 63.6 Å². The molecule has 1 N–H and O–H groups in total. The lowest BCUT2D eigenvalue weighted by atomic mass is 10.1. The first kappa shape index (κ1) is 16.4. The molecule has 0 bridgehead atoms. The predicted octanol–water partition coefficient (Wildman–Crippen LogP) is 3.38. The molecule has 2 aromatic rings. The van der Waals surface area contributed by atoms with Crippen LogP contribution in [0.2, 0.25) is 0 Å². The summed E-state index contributed by atoms with van der Waals surface area (Å²) in [7, 11) is 0. The van der Waals surface area contributed by atoms with Gasteiger partial charge in [0.2, 0.25) is 5.91 Å². The topological polar surface area (TPSA) is 66.5 Å². The van der Waals surface area contributed by atoms with Gasteiger partial charge >= 0.3 is 0 Å². The number of halogens is 1. The molecule has 122 valence electrons. The van der Waals surface area contributed by atoms with Crippen LogP contribution in [-0.4, -0.2) is 28.7 Å². The van der Waals surface area contributed by atoms with Crippen molar-refractivity contribution < 1.29 is 14.4 Å². The number of hydrogen-bond acceptors (Lipinski definition) is 3. The zero-order valence-electron chi connectivity index (χ0n) is 13.2. The third-order valence-electron chi connectivity index (χ3n) is 4.03. The number of imide groups is 1. The number of amides is 3. The van der Waals surface area contributed by atoms with Gasteiger partial charge in [-0.3, -0.25) is 19.3 Å². The zero-order chi connectivity index (χ0) is 17.4. The highest BCUT2D eigenvalue weighted by Crippen LogP contribution is 2.25. The standard InChI is InChI=1S/C18H15BrN2O3/c1-10-7-8-12(9-15(10)19)20-16(22)11(2)21-17(23)13-5-3-4-6-14(13)18(21)24/h3-9,11H,1-2H3,(H,20,22). The van der Waals surface area contributed by atoms with E-state index in [2.05, 4.69) is 21.2 Å². The van der Waals surface area contributed by atoms with Gasteiger partial charge in [-0.15, -0.1) is 0 Å². The number of carbonyl (C=O) groups is 3. The van der Waals surface area contributed by atoms with Gasteiger partial charge in [-0.25, -0.2) is 0 Å². The normalized spacial score (nSPS) is 14.5. The van der Waals surface area contributed by atoms with Crippen molar-refractivity contribution in [3.8, 4) is 0 Å². The van der Waals surface area contributed by atoms with Crippen molar-refractivity contribution >= 4 is 39.3 Å². The van der Waals surface area contributed by atoms with Crippen LogP contribution in [0.25, 0.3) is 0 Å². The Morgan fingerprint density at radius 2 is 1.67 bits per heavy atom. The molecule has 1 aliphatic rings. The van der Waals surface area contributed by atoms with Crippen LogP contribution in [-0.2, 0) is 4.79 Å². The van der Waals surface area contributed by atoms with Gasteiger partial charge in [0.1, 0.15) is 6.04 Å². The molecule has 5 nitrogen and oxygen atoms in total. The average Bonchev–Trinajstić information content (AvgIpc) is 2.82. The Kier molecular flexibility index (Phi) is 4.24. The van der Waals surface area contributed by atoms with Crippen LogP contribution in [0, 0.1) is 6.92 Å². The molecule has 3 amide bonds. The molecule has 0 radical (unpaired) electrons. The number of hydrogen-bond donors (Lipinski definition) is 1. The van der Waals surface area contributed by atoms with Gasteiger partial charge in [0.05, 0.1) is 11.1 Å². The largest absolute Gasteiger partial charge is 0.324 e. The maximum Gasteiger partial charge on any atom is 0.262 e. The summed E-state index contributed by atoms with van der Waals surface area (Å²) in [4.78, 5) is 38.3. The molecule has 1 atom stereocenters. The smallest absolute Gasteiger partial charge is 0.262 e. The van der Waals surface area contributed by atoms with E-state index in [4.69, 9.17) is 0 Å². The monoisotopic (exact) mass is 386 g/mol. The van der Waals surface area contributed by atoms with Gasteiger partial charge in [0.25, 0.3) is 11.8 Å². The second-order valence-corrected chi connectivity index (χ2v) is 6.51. The number of nitrogens with zero attached hydrogens (tertiary/aromatic N) is 1. The van der Waals surface area contributed by atoms with E-state index in [0.717, 1.165) is 14.9 Å². The lowest BCUT2D eigenvalue weighted by Crippen LogP contribution is -2.45. The Bertz CT molecular complexity index is 828. The molecule has 1 aliphatic heterocycles. The molecule has 0 fully saturated rings. The van der Waals surface area contributed by atoms with Crippen LogP contribution in [0.15, 0.2) is 46.9 Å². The van der Waals surface area contributed by atoms with E-state index in [1.165, 1.54) is 0 Å². The maximum absolute atomic E-state index is 12.5. The maximum atomic E-state index is 12.5. The second-order valence-electron chi connectivity index (χ2n) is 5.66. The van der Waals surface area contributed by atoms with Gasteiger partial charge in [-0.05, 0) is 43.7 Å². The fourth-order valence-electron chi connectivity index (χ4n) is 2.59. The predicted molar refractivity (Wildman–Crippen MR) is 93.9 cm³/mol. The first-order valence-corrected chi connectivity index (χ1v) is 8.23. The Morgan fingerprint density at radius 1 is 1.08 bits per heavy atom. The minimum atomic E-state index is -0.905. The highest BCUT2D eigenvalue weighted by Gasteiger charge is 2.40. The average molecular weight is 387 g/mol. The summed E-state index contributed by atoms with van der Waals surface area (Å²) in [6.45, 7) is 3.48. The number of rotatable bonds is 3. The van der Waals surface area contributed by atoms with E-state index in [-0.39, 0.29) is 0 Å². The van der Waals surface area contributed by atoms with Crippen molar-refractivity contribution in [3.63, 3.8) is 0 Å². The molecule has 0 aromatic heterocycles. The lowest BCUT2D eigenvalue weighted by molar-refractivity contribution is -0.119. The fourth-order valence-corrected chi connectivity index (χ4v) is 2.97. The molecular weight excluding hydrogens is 372 g/mol. The highest BCUT2D eigenvalue weighted by molar-refractivity contribution is 9.10. The van der Waals surface area contributed by atoms with E-state index >= 15 is 0 Å². The van der Waals surface area contributed by atoms with Crippen LogP contribution >= 0.6 is 15.9 Å². The summed E-state index contributed by atoms with van der Waals surface area (Å²) in [5.74, 6) is -1.30. The number of benzene rings is 2. The van der Waals surface area contributed by atoms with E-state index in [0.29, 0.717) is 16.8 Å². The molecule has 0 saturated heterocycles. The number of anilines is 1. The zero-order valence-corrected chi connectivity index (χ0v) is 14.8. The number of fused-ring (bicyclic) bond motifs is 1. The third kappa shape index (κ3) is 2.73. The van der Waals surface area contributed by atoms with Crippen molar-refractivity contribution in [1.82, 2.24) is 4.90 Å². The lowest BCUT2D eigenvalue weighted by Gasteiger charge is -2.21. The van der Waals surface area contributed by atoms with Gasteiger partial charge < -0.3 is 5.32 Å². The molecular formula is C18H15BrN2O3. The minimum absolute atomic E-state index is 0.334. The summed E-state index contributed by atoms with van der Waals surface area (Å²) in [6.07, 6.45) is 0. The van der Waals surface area contributed by atoms with Crippen molar-refractivity contribution in [2.75, 3.05) is 5.32 Å². The Labute approximate surface area is 147 Å². The fraction of sp³-hybridized carbons (Fsp3) is 0.167. The van der Waals surface area contributed by atoms with Crippen LogP contribution in [0.1, 0.15) is 33.2 Å². The Balaban J connectivity index is 1.80. The van der Waals surface area contributed by atoms with Gasteiger partial charge in [0.15, 0.2) is 0 Å². The molecule has 0 saturated carbocycles. The van der Waals surface area contributed by atoms with Crippen LogP contribution in [0.4, 0.5) is 5.69 Å². The van der Waals surface area contributed by atoms with Crippen LogP contribution in [0.5, 0.6) is 0 Å². The molecule has 3 rings (SSSR count). The summed E-state index contributed by atoms with van der Waals surface area (Å²) >= 11 is 3.41. The highest BCUT2D eigenvalue weighted by atomic mass is 79.9. The summed E-state index contributed by atoms with van der Waals surface area (Å²) in [5.41, 5.74) is 2.31. The molecule has 1 unspecified atom stereocenters. The van der Waals surface area contributed by atoms with Crippen molar-refractivity contribution in [2.24, 2.45) is 0 Å². The SMILES string of the molecule is Cc1ccc(NC(=O)C(C)N2C(=O)c3ccccc3C2=O)cc1Br.